The molecule has 1 unspecified atom stereocenters. The number of alkyl halides is 3. The van der Waals surface area contributed by atoms with E-state index in [1.54, 1.807) is 20.8 Å². The average molecular weight is 461 g/mol. The minimum atomic E-state index is -4.67. The second-order valence-corrected chi connectivity index (χ2v) is 8.46. The molecule has 12 heteroatoms. The number of aromatic nitrogens is 4. The Morgan fingerprint density at radius 2 is 1.94 bits per heavy atom. The van der Waals surface area contributed by atoms with Gasteiger partial charge < -0.3 is 10.6 Å². The van der Waals surface area contributed by atoms with Crippen LogP contribution in [0, 0.1) is 0 Å². The van der Waals surface area contributed by atoms with Gasteiger partial charge in [0.25, 0.3) is 5.91 Å². The molecule has 0 radical (unpaired) electrons. The number of carbonyl (C=O) groups is 2. The number of hydrogen-bond acceptors (Lipinski definition) is 6. The van der Waals surface area contributed by atoms with Crippen molar-refractivity contribution < 1.29 is 22.8 Å². The second-order valence-electron chi connectivity index (χ2n) is 8.46. The lowest BCUT2D eigenvalue weighted by atomic mass is 9.94. The average Bonchev–Trinajstić information content (AvgIpc) is 3.13. The number of nitrogens with zero attached hydrogens (tertiary/aromatic N) is 6. The zero-order valence-corrected chi connectivity index (χ0v) is 18.4. The van der Waals surface area contributed by atoms with Crippen molar-refractivity contribution in [3.05, 3.63) is 36.3 Å². The number of amides is 2. The summed E-state index contributed by atoms with van der Waals surface area (Å²) in [6, 6.07) is 3.59. The molecule has 4 rings (SSSR count). The summed E-state index contributed by atoms with van der Waals surface area (Å²) in [6.07, 6.45) is -2.19. The molecule has 33 heavy (non-hydrogen) atoms. The Labute approximate surface area is 187 Å². The van der Waals surface area contributed by atoms with Crippen molar-refractivity contribution in [3.63, 3.8) is 0 Å². The van der Waals surface area contributed by atoms with Crippen molar-refractivity contribution in [3.8, 4) is 11.3 Å². The minimum Gasteiger partial charge on any atom is -0.382 e. The zero-order valence-electron chi connectivity index (χ0n) is 18.4. The summed E-state index contributed by atoms with van der Waals surface area (Å²) in [7, 11) is 0. The Bertz CT molecular complexity index is 1270. The molecule has 3 aromatic heterocycles. The highest BCUT2D eigenvalue weighted by molar-refractivity contribution is 6.03. The summed E-state index contributed by atoms with van der Waals surface area (Å²) in [5.74, 6) is -0.614. The van der Waals surface area contributed by atoms with Gasteiger partial charge in [0, 0.05) is 25.2 Å². The molecule has 1 aliphatic heterocycles. The summed E-state index contributed by atoms with van der Waals surface area (Å²) in [5, 5.41) is 3.96. The van der Waals surface area contributed by atoms with Gasteiger partial charge in [0.15, 0.2) is 5.82 Å². The van der Waals surface area contributed by atoms with Crippen molar-refractivity contribution in [1.29, 1.82) is 0 Å². The summed E-state index contributed by atoms with van der Waals surface area (Å²) in [4.78, 5) is 36.3. The van der Waals surface area contributed by atoms with Crippen molar-refractivity contribution in [1.82, 2.24) is 24.5 Å². The molecule has 174 valence electrons. The number of anilines is 2. The summed E-state index contributed by atoms with van der Waals surface area (Å²) < 4.78 is 42.1. The summed E-state index contributed by atoms with van der Waals surface area (Å²) in [6.45, 7) is 6.76. The van der Waals surface area contributed by atoms with Crippen LogP contribution in [-0.4, -0.2) is 54.4 Å². The van der Waals surface area contributed by atoms with Crippen LogP contribution in [0.4, 0.5) is 24.8 Å². The largest absolute Gasteiger partial charge is 0.418 e. The van der Waals surface area contributed by atoms with Gasteiger partial charge in [0.2, 0.25) is 5.91 Å². The van der Waals surface area contributed by atoms with Gasteiger partial charge in [-0.05, 0) is 39.0 Å². The second kappa shape index (κ2) is 7.42. The Balaban J connectivity index is 1.84. The lowest BCUT2D eigenvalue weighted by Gasteiger charge is -2.48. The fourth-order valence-electron chi connectivity index (χ4n) is 4.24. The van der Waals surface area contributed by atoms with Gasteiger partial charge in [-0.1, -0.05) is 0 Å². The Morgan fingerprint density at radius 3 is 2.58 bits per heavy atom. The highest BCUT2D eigenvalue weighted by atomic mass is 19.4. The third kappa shape index (κ3) is 3.55. The van der Waals surface area contributed by atoms with E-state index in [1.807, 2.05) is 0 Å². The number of halogens is 3. The van der Waals surface area contributed by atoms with E-state index in [1.165, 1.54) is 35.1 Å². The normalized spacial score (nSPS) is 18.8. The molecule has 2 amide bonds. The van der Waals surface area contributed by atoms with Crippen LogP contribution in [-0.2, 0) is 15.8 Å². The first-order chi connectivity index (χ1) is 15.3. The van der Waals surface area contributed by atoms with E-state index in [0.29, 0.717) is 5.56 Å². The molecule has 2 N–H and O–H groups in total. The minimum absolute atomic E-state index is 0.122. The zero-order chi connectivity index (χ0) is 24.3. The molecule has 1 fully saturated rings. The van der Waals surface area contributed by atoms with Crippen LogP contribution in [0.5, 0.6) is 0 Å². The number of nitrogens with two attached hydrogens (primary N) is 1. The van der Waals surface area contributed by atoms with Crippen molar-refractivity contribution in [2.75, 3.05) is 17.2 Å². The van der Waals surface area contributed by atoms with E-state index < -0.39 is 23.3 Å². The monoisotopic (exact) mass is 461 g/mol. The first-order valence-corrected chi connectivity index (χ1v) is 10.1. The molecule has 1 aliphatic rings. The molecule has 0 bridgehead atoms. The van der Waals surface area contributed by atoms with E-state index in [9.17, 15) is 22.8 Å². The Morgan fingerprint density at radius 1 is 1.24 bits per heavy atom. The van der Waals surface area contributed by atoms with Crippen LogP contribution < -0.4 is 10.6 Å². The lowest BCUT2D eigenvalue weighted by Crippen LogP contribution is -2.67. The maximum atomic E-state index is 13.7. The molecule has 0 saturated carbocycles. The molecular formula is C21H22F3N7O2. The predicted molar refractivity (Wildman–Crippen MR) is 114 cm³/mol. The third-order valence-corrected chi connectivity index (χ3v) is 5.86. The lowest BCUT2D eigenvalue weighted by molar-refractivity contribution is -0.146. The van der Waals surface area contributed by atoms with Crippen LogP contribution in [0.3, 0.4) is 0 Å². The molecule has 0 spiro atoms. The van der Waals surface area contributed by atoms with E-state index >= 15 is 0 Å². The van der Waals surface area contributed by atoms with Gasteiger partial charge in [-0.2, -0.15) is 18.3 Å². The number of carbonyl (C=O) groups excluding carboxylic acids is 2. The van der Waals surface area contributed by atoms with Gasteiger partial charge in [0.1, 0.15) is 23.2 Å². The van der Waals surface area contributed by atoms with Crippen LogP contribution >= 0.6 is 0 Å². The first kappa shape index (κ1) is 22.5. The maximum absolute atomic E-state index is 13.7. The van der Waals surface area contributed by atoms with Gasteiger partial charge >= 0.3 is 6.18 Å². The topological polar surface area (TPSA) is 110 Å². The Hall–Kier alpha value is -3.70. The van der Waals surface area contributed by atoms with E-state index in [2.05, 4.69) is 15.1 Å². The molecule has 3 aromatic rings. The van der Waals surface area contributed by atoms with Gasteiger partial charge in [-0.3, -0.25) is 14.5 Å². The smallest absolute Gasteiger partial charge is 0.382 e. The fourth-order valence-corrected chi connectivity index (χ4v) is 4.24. The molecule has 1 atom stereocenters. The molecule has 0 aromatic carbocycles. The standard InChI is InChI=1S/C21H22F3N7O2/c1-11-9-29(12(2)32)20(3,4)19(33)30(11)16-7-13(5-6-26-16)15-8-14(21(22,23)24)17-18(25)27-10-28-31(15)17/h5-8,10-11H,9H2,1-4H3,(H2,25,27,28). The van der Waals surface area contributed by atoms with Gasteiger partial charge in [-0.15, -0.1) is 0 Å². The van der Waals surface area contributed by atoms with Gasteiger partial charge in [0.05, 0.1) is 17.3 Å². The number of rotatable bonds is 2. The van der Waals surface area contributed by atoms with E-state index in [4.69, 9.17) is 5.73 Å². The highest BCUT2D eigenvalue weighted by Crippen LogP contribution is 2.39. The number of pyridine rings is 1. The maximum Gasteiger partial charge on any atom is 0.418 e. The number of piperazine rings is 1. The van der Waals surface area contributed by atoms with E-state index in [-0.39, 0.29) is 41.2 Å². The predicted octanol–water partition coefficient (Wildman–Crippen LogP) is 2.75. The van der Waals surface area contributed by atoms with Crippen LogP contribution in [0.1, 0.15) is 33.3 Å². The number of nitrogen functional groups attached to an aromatic ring is 1. The number of hydrogen-bond donors (Lipinski definition) is 1. The van der Waals surface area contributed by atoms with Crippen LogP contribution in [0.2, 0.25) is 0 Å². The summed E-state index contributed by atoms with van der Waals surface area (Å²) in [5.41, 5.74) is 3.79. The molecule has 4 heterocycles. The number of fused-ring (bicyclic) bond motifs is 1. The van der Waals surface area contributed by atoms with Crippen molar-refractivity contribution in [2.24, 2.45) is 0 Å². The summed E-state index contributed by atoms with van der Waals surface area (Å²) >= 11 is 0. The van der Waals surface area contributed by atoms with Crippen molar-refractivity contribution in [2.45, 2.75) is 45.5 Å². The van der Waals surface area contributed by atoms with Gasteiger partial charge in [-0.25, -0.2) is 14.5 Å². The molecule has 9 nitrogen and oxygen atoms in total. The van der Waals surface area contributed by atoms with Crippen molar-refractivity contribution >= 4 is 29.0 Å². The highest BCUT2D eigenvalue weighted by Gasteiger charge is 2.47. The molecule has 0 aliphatic carbocycles. The Kier molecular flexibility index (Phi) is 5.06. The third-order valence-electron chi connectivity index (χ3n) is 5.86. The first-order valence-electron chi connectivity index (χ1n) is 10.1. The van der Waals surface area contributed by atoms with Crippen LogP contribution in [0.15, 0.2) is 30.7 Å². The quantitative estimate of drug-likeness (QED) is 0.629. The SMILES string of the molecule is CC(=O)N1CC(C)N(c2cc(-c3cc(C(F)(F)F)c4c(N)ncnn34)ccn2)C(=O)C1(C)C. The fraction of sp³-hybridized carbons (Fsp3) is 0.381. The molecular weight excluding hydrogens is 439 g/mol. The van der Waals surface area contributed by atoms with Crippen LogP contribution in [0.25, 0.3) is 16.8 Å². The molecule has 1 saturated heterocycles. The van der Waals surface area contributed by atoms with E-state index in [0.717, 1.165) is 16.9 Å².